The number of nitrogens with two attached hydrogens (primary N) is 1. The molecule has 18 heavy (non-hydrogen) atoms. The molecule has 4 N–H and O–H groups in total. The summed E-state index contributed by atoms with van der Waals surface area (Å²) in [5.41, 5.74) is 5.19. The molecule has 0 spiro atoms. The standard InChI is InChI=1S/C12H24N4O2/c1-8(2)6-16(7-11(13)17)12(18)10-5-14-9(3)4-15-10/h8-10,14-15H,4-7H2,1-3H3,(H2,13,17). The molecule has 1 fully saturated rings. The van der Waals surface area contributed by atoms with Gasteiger partial charge in [0.2, 0.25) is 11.8 Å². The van der Waals surface area contributed by atoms with E-state index in [1.807, 2.05) is 13.8 Å². The van der Waals surface area contributed by atoms with Gasteiger partial charge in [-0.15, -0.1) is 0 Å². The van der Waals surface area contributed by atoms with Crippen LogP contribution in [-0.2, 0) is 9.59 Å². The van der Waals surface area contributed by atoms with Crippen molar-refractivity contribution in [1.82, 2.24) is 15.5 Å². The highest BCUT2D eigenvalue weighted by molar-refractivity contribution is 5.87. The highest BCUT2D eigenvalue weighted by Crippen LogP contribution is 2.04. The molecule has 1 heterocycles. The fourth-order valence-electron chi connectivity index (χ4n) is 2.04. The molecule has 1 aliphatic heterocycles. The molecule has 0 aromatic carbocycles. The average molecular weight is 256 g/mol. The van der Waals surface area contributed by atoms with E-state index in [1.54, 1.807) is 4.90 Å². The molecule has 0 aromatic heterocycles. The van der Waals surface area contributed by atoms with E-state index < -0.39 is 5.91 Å². The van der Waals surface area contributed by atoms with Crippen LogP contribution < -0.4 is 16.4 Å². The third-order valence-electron chi connectivity index (χ3n) is 2.88. The van der Waals surface area contributed by atoms with E-state index in [0.29, 0.717) is 25.0 Å². The smallest absolute Gasteiger partial charge is 0.241 e. The maximum atomic E-state index is 12.3. The number of nitrogens with zero attached hydrogens (tertiary/aromatic N) is 1. The number of carbonyl (C=O) groups is 2. The Bertz CT molecular complexity index is 298. The van der Waals surface area contributed by atoms with Crippen molar-refractivity contribution in [3.05, 3.63) is 0 Å². The van der Waals surface area contributed by atoms with Gasteiger partial charge in [-0.25, -0.2) is 0 Å². The van der Waals surface area contributed by atoms with Crippen molar-refractivity contribution in [1.29, 1.82) is 0 Å². The van der Waals surface area contributed by atoms with Gasteiger partial charge in [-0.3, -0.25) is 9.59 Å². The van der Waals surface area contributed by atoms with Crippen LogP contribution in [0.5, 0.6) is 0 Å². The van der Waals surface area contributed by atoms with Crippen LogP contribution in [0.25, 0.3) is 0 Å². The summed E-state index contributed by atoms with van der Waals surface area (Å²) < 4.78 is 0. The average Bonchev–Trinajstić information content (AvgIpc) is 2.27. The van der Waals surface area contributed by atoms with E-state index >= 15 is 0 Å². The minimum absolute atomic E-state index is 0.00918. The molecule has 0 saturated carbocycles. The molecular formula is C12H24N4O2. The molecule has 1 aliphatic rings. The zero-order chi connectivity index (χ0) is 13.7. The van der Waals surface area contributed by atoms with Crippen molar-refractivity contribution in [3.8, 4) is 0 Å². The van der Waals surface area contributed by atoms with Gasteiger partial charge in [-0.2, -0.15) is 0 Å². The molecule has 0 bridgehead atoms. The lowest BCUT2D eigenvalue weighted by Gasteiger charge is -2.33. The summed E-state index contributed by atoms with van der Waals surface area (Å²) in [6.07, 6.45) is 0. The van der Waals surface area contributed by atoms with Gasteiger partial charge in [-0.1, -0.05) is 13.8 Å². The topological polar surface area (TPSA) is 87.5 Å². The first-order chi connectivity index (χ1) is 8.40. The summed E-state index contributed by atoms with van der Waals surface area (Å²) in [7, 11) is 0. The molecule has 1 rings (SSSR count). The largest absolute Gasteiger partial charge is 0.368 e. The number of piperazine rings is 1. The first-order valence-electron chi connectivity index (χ1n) is 6.44. The minimum Gasteiger partial charge on any atom is -0.368 e. The number of carbonyl (C=O) groups excluding carboxylic acids is 2. The van der Waals surface area contributed by atoms with Gasteiger partial charge in [0.15, 0.2) is 0 Å². The molecule has 2 amide bonds. The first-order valence-corrected chi connectivity index (χ1v) is 6.44. The summed E-state index contributed by atoms with van der Waals surface area (Å²) >= 11 is 0. The lowest BCUT2D eigenvalue weighted by molar-refractivity contribution is -0.137. The first kappa shape index (κ1) is 14.9. The van der Waals surface area contributed by atoms with E-state index in [2.05, 4.69) is 17.6 Å². The van der Waals surface area contributed by atoms with E-state index in [4.69, 9.17) is 5.73 Å². The third kappa shape index (κ3) is 4.62. The molecule has 1 saturated heterocycles. The number of hydrogen-bond donors (Lipinski definition) is 3. The summed E-state index contributed by atoms with van der Waals surface area (Å²) in [6, 6.07) is 0.100. The lowest BCUT2D eigenvalue weighted by Crippen LogP contribution is -2.60. The number of amides is 2. The summed E-state index contributed by atoms with van der Waals surface area (Å²) in [5.74, 6) is -0.216. The second-order valence-corrected chi connectivity index (χ2v) is 5.35. The number of nitrogens with one attached hydrogen (secondary N) is 2. The highest BCUT2D eigenvalue weighted by atomic mass is 16.2. The monoisotopic (exact) mass is 256 g/mol. The van der Waals surface area contributed by atoms with Gasteiger partial charge in [0.25, 0.3) is 0 Å². The van der Waals surface area contributed by atoms with E-state index in [1.165, 1.54) is 0 Å². The summed E-state index contributed by atoms with van der Waals surface area (Å²) in [6.45, 7) is 7.96. The molecule has 2 unspecified atom stereocenters. The van der Waals surface area contributed by atoms with E-state index in [0.717, 1.165) is 6.54 Å². The van der Waals surface area contributed by atoms with Crippen LogP contribution in [0.2, 0.25) is 0 Å². The normalized spacial score (nSPS) is 24.0. The Morgan fingerprint density at radius 1 is 1.33 bits per heavy atom. The van der Waals surface area contributed by atoms with Crippen molar-refractivity contribution < 1.29 is 9.59 Å². The van der Waals surface area contributed by atoms with Crippen molar-refractivity contribution >= 4 is 11.8 Å². The molecule has 6 heteroatoms. The lowest BCUT2D eigenvalue weighted by atomic mass is 10.1. The fourth-order valence-corrected chi connectivity index (χ4v) is 2.04. The van der Waals surface area contributed by atoms with Crippen molar-refractivity contribution in [2.45, 2.75) is 32.9 Å². The maximum absolute atomic E-state index is 12.3. The Morgan fingerprint density at radius 3 is 2.44 bits per heavy atom. The van der Waals surface area contributed by atoms with Gasteiger partial charge in [-0.05, 0) is 12.8 Å². The van der Waals surface area contributed by atoms with Gasteiger partial charge in [0.05, 0.1) is 12.6 Å². The van der Waals surface area contributed by atoms with Crippen LogP contribution in [-0.4, -0.2) is 55.0 Å². The van der Waals surface area contributed by atoms with Gasteiger partial charge < -0.3 is 21.3 Å². The van der Waals surface area contributed by atoms with E-state index in [-0.39, 0.29) is 18.5 Å². The van der Waals surface area contributed by atoms with Crippen molar-refractivity contribution in [3.63, 3.8) is 0 Å². The van der Waals surface area contributed by atoms with Crippen LogP contribution in [0.1, 0.15) is 20.8 Å². The molecule has 0 aromatic rings. The van der Waals surface area contributed by atoms with Crippen LogP contribution in [0.3, 0.4) is 0 Å². The predicted molar refractivity (Wildman–Crippen MR) is 69.9 cm³/mol. The minimum atomic E-state index is -0.471. The molecular weight excluding hydrogens is 232 g/mol. The Morgan fingerprint density at radius 2 is 2.00 bits per heavy atom. The molecule has 0 radical (unpaired) electrons. The highest BCUT2D eigenvalue weighted by Gasteiger charge is 2.28. The second kappa shape index (κ2) is 6.70. The summed E-state index contributed by atoms with van der Waals surface area (Å²) in [5, 5.41) is 6.44. The molecule has 2 atom stereocenters. The molecule has 104 valence electrons. The Hall–Kier alpha value is -1.14. The van der Waals surface area contributed by atoms with Gasteiger partial charge in [0, 0.05) is 25.7 Å². The van der Waals surface area contributed by atoms with Crippen LogP contribution in [0.4, 0.5) is 0 Å². The van der Waals surface area contributed by atoms with Gasteiger partial charge in [0.1, 0.15) is 0 Å². The number of rotatable bonds is 5. The quantitative estimate of drug-likeness (QED) is 0.583. The second-order valence-electron chi connectivity index (χ2n) is 5.35. The number of primary amides is 1. The van der Waals surface area contributed by atoms with E-state index in [9.17, 15) is 9.59 Å². The number of hydrogen-bond acceptors (Lipinski definition) is 4. The Balaban J connectivity index is 2.60. The van der Waals surface area contributed by atoms with Crippen LogP contribution in [0, 0.1) is 5.92 Å². The predicted octanol–water partition coefficient (Wildman–Crippen LogP) is -1.09. The van der Waals surface area contributed by atoms with Gasteiger partial charge >= 0.3 is 0 Å². The maximum Gasteiger partial charge on any atom is 0.241 e. The summed E-state index contributed by atoms with van der Waals surface area (Å²) in [4.78, 5) is 24.9. The van der Waals surface area contributed by atoms with Crippen LogP contribution in [0.15, 0.2) is 0 Å². The zero-order valence-electron chi connectivity index (χ0n) is 11.4. The fraction of sp³-hybridized carbons (Fsp3) is 0.833. The Labute approximate surface area is 108 Å². The molecule has 6 nitrogen and oxygen atoms in total. The van der Waals surface area contributed by atoms with Crippen molar-refractivity contribution in [2.24, 2.45) is 11.7 Å². The van der Waals surface area contributed by atoms with Crippen LogP contribution >= 0.6 is 0 Å². The molecule has 0 aliphatic carbocycles. The SMILES string of the molecule is CC(C)CN(CC(N)=O)C(=O)C1CNC(C)CN1. The third-order valence-corrected chi connectivity index (χ3v) is 2.88. The zero-order valence-corrected chi connectivity index (χ0v) is 11.4. The Kier molecular flexibility index (Phi) is 5.55. The van der Waals surface area contributed by atoms with Crippen molar-refractivity contribution in [2.75, 3.05) is 26.2 Å².